The molecule has 0 unspecified atom stereocenters. The Hall–Kier alpha value is -3.94. The number of halogens is 2. The monoisotopic (exact) mass is 494 g/mol. The lowest BCUT2D eigenvalue weighted by atomic mass is 9.93. The molecule has 1 aliphatic rings. The number of rotatable bonds is 7. The molecule has 188 valence electrons. The summed E-state index contributed by atoms with van der Waals surface area (Å²) in [5, 5.41) is 3.16. The molecule has 0 aromatic heterocycles. The summed E-state index contributed by atoms with van der Waals surface area (Å²) in [6, 6.07) is 17.5. The Labute approximate surface area is 208 Å². The first-order chi connectivity index (χ1) is 17.4. The highest BCUT2D eigenvalue weighted by Crippen LogP contribution is 2.28. The fourth-order valence-electron chi connectivity index (χ4n) is 4.39. The molecule has 0 radical (unpaired) electrons. The maximum absolute atomic E-state index is 14.1. The van der Waals surface area contributed by atoms with E-state index in [1.807, 2.05) is 48.5 Å². The van der Waals surface area contributed by atoms with Crippen LogP contribution >= 0.6 is 0 Å². The Kier molecular flexibility index (Phi) is 7.83. The minimum atomic E-state index is -0.887. The van der Waals surface area contributed by atoms with Crippen LogP contribution in [0.2, 0.25) is 0 Å². The SMILES string of the molecule is COc1ccc(C(NC(=O)C2CCN(C(=O)c3ccc(F)cc3F)CC2)c2ccc(OC)cc2)cc1. The van der Waals surface area contributed by atoms with Gasteiger partial charge in [-0.25, -0.2) is 8.78 Å². The summed E-state index contributed by atoms with van der Waals surface area (Å²) in [7, 11) is 3.19. The Morgan fingerprint density at radius 3 is 1.86 bits per heavy atom. The molecule has 6 nitrogen and oxygen atoms in total. The quantitative estimate of drug-likeness (QED) is 0.515. The third kappa shape index (κ3) is 5.64. The molecular formula is C28H28F2N2O4. The van der Waals surface area contributed by atoms with Gasteiger partial charge in [-0.05, 0) is 60.4 Å². The van der Waals surface area contributed by atoms with Crippen LogP contribution in [-0.2, 0) is 4.79 Å². The van der Waals surface area contributed by atoms with Crippen LogP contribution in [-0.4, -0.2) is 44.0 Å². The van der Waals surface area contributed by atoms with Gasteiger partial charge in [-0.15, -0.1) is 0 Å². The van der Waals surface area contributed by atoms with Crippen molar-refractivity contribution in [3.05, 3.63) is 95.1 Å². The van der Waals surface area contributed by atoms with Crippen LogP contribution in [0.3, 0.4) is 0 Å². The molecule has 3 aromatic rings. The molecule has 0 spiro atoms. The summed E-state index contributed by atoms with van der Waals surface area (Å²) in [5.41, 5.74) is 1.63. The van der Waals surface area contributed by atoms with E-state index in [0.29, 0.717) is 43.5 Å². The van der Waals surface area contributed by atoms with Crippen molar-refractivity contribution in [2.24, 2.45) is 5.92 Å². The van der Waals surface area contributed by atoms with E-state index in [-0.39, 0.29) is 23.4 Å². The number of hydrogen-bond donors (Lipinski definition) is 1. The molecule has 0 saturated carbocycles. The number of piperidine rings is 1. The zero-order valence-electron chi connectivity index (χ0n) is 20.2. The second-order valence-corrected chi connectivity index (χ2v) is 8.68. The lowest BCUT2D eigenvalue weighted by molar-refractivity contribution is -0.126. The van der Waals surface area contributed by atoms with E-state index >= 15 is 0 Å². The van der Waals surface area contributed by atoms with Crippen LogP contribution < -0.4 is 14.8 Å². The lowest BCUT2D eigenvalue weighted by Gasteiger charge is -2.32. The Balaban J connectivity index is 1.45. The van der Waals surface area contributed by atoms with Gasteiger partial charge in [0, 0.05) is 25.1 Å². The van der Waals surface area contributed by atoms with Crippen molar-refractivity contribution in [3.63, 3.8) is 0 Å². The third-order valence-corrected chi connectivity index (χ3v) is 6.50. The minimum Gasteiger partial charge on any atom is -0.497 e. The van der Waals surface area contributed by atoms with E-state index in [0.717, 1.165) is 23.3 Å². The van der Waals surface area contributed by atoms with Gasteiger partial charge in [0.05, 0.1) is 25.8 Å². The van der Waals surface area contributed by atoms with Crippen molar-refractivity contribution in [1.29, 1.82) is 0 Å². The normalized spacial score (nSPS) is 14.0. The van der Waals surface area contributed by atoms with Crippen molar-refractivity contribution in [2.45, 2.75) is 18.9 Å². The minimum absolute atomic E-state index is 0.119. The van der Waals surface area contributed by atoms with Crippen molar-refractivity contribution < 1.29 is 27.8 Å². The van der Waals surface area contributed by atoms with Crippen molar-refractivity contribution in [2.75, 3.05) is 27.3 Å². The molecule has 36 heavy (non-hydrogen) atoms. The van der Waals surface area contributed by atoms with Gasteiger partial charge >= 0.3 is 0 Å². The molecule has 1 heterocycles. The average molecular weight is 495 g/mol. The van der Waals surface area contributed by atoms with Crippen LogP contribution in [0.4, 0.5) is 8.78 Å². The van der Waals surface area contributed by atoms with Gasteiger partial charge in [0.15, 0.2) is 0 Å². The first kappa shape index (κ1) is 25.2. The second kappa shape index (κ2) is 11.2. The average Bonchev–Trinajstić information content (AvgIpc) is 2.91. The number of carbonyl (C=O) groups excluding carboxylic acids is 2. The van der Waals surface area contributed by atoms with Gasteiger partial charge in [0.1, 0.15) is 23.1 Å². The highest BCUT2D eigenvalue weighted by molar-refractivity contribution is 5.94. The Bertz CT molecular complexity index is 1160. The van der Waals surface area contributed by atoms with Gasteiger partial charge in [-0.1, -0.05) is 24.3 Å². The summed E-state index contributed by atoms with van der Waals surface area (Å²) in [6.45, 7) is 0.618. The summed E-state index contributed by atoms with van der Waals surface area (Å²) in [5.74, 6) is -1.11. The van der Waals surface area contributed by atoms with E-state index in [4.69, 9.17) is 9.47 Å². The molecule has 0 aliphatic carbocycles. The Morgan fingerprint density at radius 2 is 1.39 bits per heavy atom. The lowest BCUT2D eigenvalue weighted by Crippen LogP contribution is -2.44. The van der Waals surface area contributed by atoms with Crippen molar-refractivity contribution in [3.8, 4) is 11.5 Å². The fraction of sp³-hybridized carbons (Fsp3) is 0.286. The van der Waals surface area contributed by atoms with Gasteiger partial charge in [-0.3, -0.25) is 9.59 Å². The van der Waals surface area contributed by atoms with E-state index in [2.05, 4.69) is 5.32 Å². The molecule has 8 heteroatoms. The maximum Gasteiger partial charge on any atom is 0.256 e. The van der Waals surface area contributed by atoms with E-state index in [1.54, 1.807) is 14.2 Å². The summed E-state index contributed by atoms with van der Waals surface area (Å²) in [6.07, 6.45) is 0.886. The van der Waals surface area contributed by atoms with E-state index in [1.165, 1.54) is 4.90 Å². The maximum atomic E-state index is 14.1. The topological polar surface area (TPSA) is 67.9 Å². The number of carbonyl (C=O) groups is 2. The number of likely N-dealkylation sites (tertiary alicyclic amines) is 1. The highest BCUT2D eigenvalue weighted by Gasteiger charge is 2.30. The molecule has 4 rings (SSSR count). The molecule has 0 bridgehead atoms. The number of amides is 2. The second-order valence-electron chi connectivity index (χ2n) is 8.68. The van der Waals surface area contributed by atoms with Crippen LogP contribution in [0.1, 0.15) is 40.4 Å². The molecular weight excluding hydrogens is 466 g/mol. The van der Waals surface area contributed by atoms with Crippen LogP contribution in [0, 0.1) is 17.6 Å². The summed E-state index contributed by atoms with van der Waals surface area (Å²) < 4.78 is 37.8. The van der Waals surface area contributed by atoms with E-state index < -0.39 is 17.5 Å². The predicted molar refractivity (Wildman–Crippen MR) is 131 cm³/mol. The van der Waals surface area contributed by atoms with Gasteiger partial charge in [0.25, 0.3) is 5.91 Å². The number of ether oxygens (including phenoxy) is 2. The first-order valence-corrected chi connectivity index (χ1v) is 11.7. The zero-order chi connectivity index (χ0) is 25.7. The highest BCUT2D eigenvalue weighted by atomic mass is 19.1. The van der Waals surface area contributed by atoms with Gasteiger partial charge in [0.2, 0.25) is 5.91 Å². The smallest absolute Gasteiger partial charge is 0.256 e. The predicted octanol–water partition coefficient (Wildman–Crippen LogP) is 4.74. The van der Waals surface area contributed by atoms with Gasteiger partial charge < -0.3 is 19.7 Å². The van der Waals surface area contributed by atoms with Crippen molar-refractivity contribution >= 4 is 11.8 Å². The van der Waals surface area contributed by atoms with Crippen LogP contribution in [0.15, 0.2) is 66.7 Å². The molecule has 1 saturated heterocycles. The van der Waals surface area contributed by atoms with Crippen molar-refractivity contribution in [1.82, 2.24) is 10.2 Å². The largest absolute Gasteiger partial charge is 0.497 e. The van der Waals surface area contributed by atoms with Crippen LogP contribution in [0.25, 0.3) is 0 Å². The summed E-state index contributed by atoms with van der Waals surface area (Å²) >= 11 is 0. The van der Waals surface area contributed by atoms with Gasteiger partial charge in [-0.2, -0.15) is 0 Å². The number of nitrogens with zero attached hydrogens (tertiary/aromatic N) is 1. The number of benzene rings is 3. The molecule has 3 aromatic carbocycles. The zero-order valence-corrected chi connectivity index (χ0v) is 20.2. The van der Waals surface area contributed by atoms with E-state index in [9.17, 15) is 18.4 Å². The molecule has 1 N–H and O–H groups in total. The van der Waals surface area contributed by atoms with Crippen LogP contribution in [0.5, 0.6) is 11.5 Å². The standard InChI is InChI=1S/C28H28F2N2O4/c1-35-22-8-3-18(4-9-22)26(19-5-10-23(36-2)11-6-19)31-27(33)20-13-15-32(16-14-20)28(34)24-12-7-21(29)17-25(24)30/h3-12,17,20,26H,13-16H2,1-2H3,(H,31,33). The number of hydrogen-bond acceptors (Lipinski definition) is 4. The molecule has 1 aliphatic heterocycles. The summed E-state index contributed by atoms with van der Waals surface area (Å²) in [4.78, 5) is 27.5. The molecule has 1 fully saturated rings. The number of nitrogens with one attached hydrogen (secondary N) is 1. The molecule has 0 atom stereocenters. The third-order valence-electron chi connectivity index (χ3n) is 6.50. The first-order valence-electron chi connectivity index (χ1n) is 11.7. The molecule has 2 amide bonds. The fourth-order valence-corrected chi connectivity index (χ4v) is 4.39. The number of methoxy groups -OCH3 is 2. The Morgan fingerprint density at radius 1 is 0.861 bits per heavy atom.